The molecule has 0 radical (unpaired) electrons. The number of thiazole rings is 1. The van der Waals surface area contributed by atoms with Crippen LogP contribution in [0, 0.1) is 0 Å². The predicted molar refractivity (Wildman–Crippen MR) is 130 cm³/mol. The van der Waals surface area contributed by atoms with E-state index in [-0.39, 0.29) is 5.91 Å². The average Bonchev–Trinajstić information content (AvgIpc) is 3.27. The zero-order chi connectivity index (χ0) is 22.2. The van der Waals surface area contributed by atoms with E-state index in [0.29, 0.717) is 19.6 Å². The number of rotatable bonds is 10. The van der Waals surface area contributed by atoms with E-state index in [2.05, 4.69) is 30.0 Å². The molecule has 0 aliphatic carbocycles. The first-order valence-corrected chi connectivity index (χ1v) is 12.2. The van der Waals surface area contributed by atoms with E-state index >= 15 is 0 Å². The Bertz CT molecular complexity index is 1000. The molecule has 2 aromatic carbocycles. The molecule has 32 heavy (non-hydrogen) atoms. The maximum atomic E-state index is 13.2. The van der Waals surface area contributed by atoms with Crippen LogP contribution in [0.1, 0.15) is 25.3 Å². The number of aromatic nitrogens is 1. The standard InChI is InChI=1S/C25H31N3O3S/c1-2-20-8-6-11-22-24(20)26-25(32-22)28(14-7-13-27-15-18-30-19-16-27)23(29)12-17-31-21-9-4-3-5-10-21/h3-6,8-11H,2,7,12-19H2,1H3. The van der Waals surface area contributed by atoms with Crippen molar-refractivity contribution in [2.75, 3.05) is 50.9 Å². The van der Waals surface area contributed by atoms with Crippen LogP contribution in [0.15, 0.2) is 48.5 Å². The summed E-state index contributed by atoms with van der Waals surface area (Å²) in [6.45, 7) is 7.60. The summed E-state index contributed by atoms with van der Waals surface area (Å²) < 4.78 is 12.3. The van der Waals surface area contributed by atoms with Crippen molar-refractivity contribution in [2.24, 2.45) is 0 Å². The fraction of sp³-hybridized carbons (Fsp3) is 0.440. The van der Waals surface area contributed by atoms with Gasteiger partial charge in [0.2, 0.25) is 5.91 Å². The third kappa shape index (κ3) is 5.85. The van der Waals surface area contributed by atoms with E-state index < -0.39 is 0 Å². The van der Waals surface area contributed by atoms with Gasteiger partial charge in [0.1, 0.15) is 5.75 Å². The molecule has 6 nitrogen and oxygen atoms in total. The summed E-state index contributed by atoms with van der Waals surface area (Å²) in [7, 11) is 0. The number of carbonyl (C=O) groups excluding carboxylic acids is 1. The molecule has 0 unspecified atom stereocenters. The number of para-hydroxylation sites is 2. The summed E-state index contributed by atoms with van der Waals surface area (Å²) in [4.78, 5) is 22.4. The van der Waals surface area contributed by atoms with Crippen molar-refractivity contribution >= 4 is 32.6 Å². The predicted octanol–water partition coefficient (Wildman–Crippen LogP) is 4.38. The van der Waals surface area contributed by atoms with E-state index in [1.54, 1.807) is 11.3 Å². The van der Waals surface area contributed by atoms with Crippen molar-refractivity contribution in [3.8, 4) is 5.75 Å². The normalized spacial score (nSPS) is 14.5. The van der Waals surface area contributed by atoms with Crippen LogP contribution in [0.4, 0.5) is 5.13 Å². The summed E-state index contributed by atoms with van der Waals surface area (Å²) in [5.74, 6) is 0.840. The highest BCUT2D eigenvalue weighted by atomic mass is 32.1. The van der Waals surface area contributed by atoms with Gasteiger partial charge in [-0.25, -0.2) is 4.98 Å². The fourth-order valence-electron chi connectivity index (χ4n) is 3.91. The minimum atomic E-state index is 0.0556. The lowest BCUT2D eigenvalue weighted by Gasteiger charge is -2.27. The molecule has 2 heterocycles. The molecule has 0 spiro atoms. The molecule has 1 saturated heterocycles. The molecule has 0 bridgehead atoms. The van der Waals surface area contributed by atoms with E-state index in [4.69, 9.17) is 14.5 Å². The smallest absolute Gasteiger partial charge is 0.232 e. The van der Waals surface area contributed by atoms with Crippen LogP contribution in [-0.4, -0.2) is 61.8 Å². The van der Waals surface area contributed by atoms with E-state index in [1.807, 2.05) is 35.2 Å². The molecule has 1 aromatic heterocycles. The van der Waals surface area contributed by atoms with Crippen molar-refractivity contribution in [3.63, 3.8) is 0 Å². The zero-order valence-electron chi connectivity index (χ0n) is 18.7. The molecule has 4 rings (SSSR count). The average molecular weight is 454 g/mol. The van der Waals surface area contributed by atoms with Gasteiger partial charge in [0.05, 0.1) is 36.5 Å². The minimum absolute atomic E-state index is 0.0556. The molecular formula is C25H31N3O3S. The first-order chi connectivity index (χ1) is 15.7. The number of hydrogen-bond donors (Lipinski definition) is 0. The zero-order valence-corrected chi connectivity index (χ0v) is 19.5. The van der Waals surface area contributed by atoms with Gasteiger partial charge in [0.25, 0.3) is 0 Å². The highest BCUT2D eigenvalue weighted by Crippen LogP contribution is 2.31. The van der Waals surface area contributed by atoms with Gasteiger partial charge in [0, 0.05) is 26.2 Å². The summed E-state index contributed by atoms with van der Waals surface area (Å²) in [6.07, 6.45) is 2.15. The number of nitrogens with zero attached hydrogens (tertiary/aromatic N) is 3. The van der Waals surface area contributed by atoms with Crippen LogP contribution in [0.25, 0.3) is 10.2 Å². The molecular weight excluding hydrogens is 422 g/mol. The second-order valence-corrected chi connectivity index (χ2v) is 8.89. The number of carbonyl (C=O) groups is 1. The molecule has 1 amide bonds. The van der Waals surface area contributed by atoms with Crippen molar-refractivity contribution in [3.05, 3.63) is 54.1 Å². The fourth-order valence-corrected chi connectivity index (χ4v) is 4.96. The molecule has 1 aliphatic heterocycles. The van der Waals surface area contributed by atoms with Crippen LogP contribution in [0.2, 0.25) is 0 Å². The second-order valence-electron chi connectivity index (χ2n) is 7.88. The Morgan fingerprint density at radius 3 is 2.75 bits per heavy atom. The molecule has 7 heteroatoms. The first kappa shape index (κ1) is 22.7. The molecule has 0 saturated carbocycles. The number of amides is 1. The minimum Gasteiger partial charge on any atom is -0.493 e. The lowest BCUT2D eigenvalue weighted by molar-refractivity contribution is -0.119. The third-order valence-corrected chi connectivity index (χ3v) is 6.74. The molecule has 0 N–H and O–H groups in total. The Balaban J connectivity index is 1.44. The maximum Gasteiger partial charge on any atom is 0.232 e. The molecule has 1 fully saturated rings. The Labute approximate surface area is 193 Å². The van der Waals surface area contributed by atoms with E-state index in [9.17, 15) is 4.79 Å². The quantitative estimate of drug-likeness (QED) is 0.456. The van der Waals surface area contributed by atoms with E-state index in [1.165, 1.54) is 5.56 Å². The van der Waals surface area contributed by atoms with Crippen LogP contribution in [0.5, 0.6) is 5.75 Å². The summed E-state index contributed by atoms with van der Waals surface area (Å²) in [5.41, 5.74) is 2.24. The van der Waals surface area contributed by atoms with Gasteiger partial charge in [-0.15, -0.1) is 0 Å². The topological polar surface area (TPSA) is 54.9 Å². The van der Waals surface area contributed by atoms with Gasteiger partial charge in [-0.2, -0.15) is 0 Å². The number of anilines is 1. The third-order valence-electron chi connectivity index (χ3n) is 5.69. The lowest BCUT2D eigenvalue weighted by atomic mass is 10.1. The van der Waals surface area contributed by atoms with Gasteiger partial charge in [-0.1, -0.05) is 48.6 Å². The van der Waals surface area contributed by atoms with Crippen LogP contribution in [0.3, 0.4) is 0 Å². The molecule has 170 valence electrons. The van der Waals surface area contributed by atoms with Crippen molar-refractivity contribution in [1.29, 1.82) is 0 Å². The summed E-state index contributed by atoms with van der Waals surface area (Å²) in [5, 5.41) is 0.785. The van der Waals surface area contributed by atoms with Crippen molar-refractivity contribution in [2.45, 2.75) is 26.2 Å². The Morgan fingerprint density at radius 2 is 1.97 bits per heavy atom. The number of fused-ring (bicyclic) bond motifs is 1. The van der Waals surface area contributed by atoms with Gasteiger partial charge >= 0.3 is 0 Å². The monoisotopic (exact) mass is 453 g/mol. The van der Waals surface area contributed by atoms with Gasteiger partial charge in [-0.3, -0.25) is 14.6 Å². The van der Waals surface area contributed by atoms with Gasteiger partial charge in [0.15, 0.2) is 5.13 Å². The van der Waals surface area contributed by atoms with Crippen molar-refractivity contribution < 1.29 is 14.3 Å². The summed E-state index contributed by atoms with van der Waals surface area (Å²) >= 11 is 1.60. The molecule has 3 aromatic rings. The van der Waals surface area contributed by atoms with Crippen LogP contribution < -0.4 is 9.64 Å². The van der Waals surface area contributed by atoms with E-state index in [0.717, 1.165) is 66.8 Å². The highest BCUT2D eigenvalue weighted by Gasteiger charge is 2.21. The molecule has 1 aliphatic rings. The maximum absolute atomic E-state index is 13.2. The van der Waals surface area contributed by atoms with Gasteiger partial charge < -0.3 is 9.47 Å². The largest absolute Gasteiger partial charge is 0.493 e. The molecule has 0 atom stereocenters. The number of hydrogen-bond acceptors (Lipinski definition) is 6. The Hall–Kier alpha value is -2.48. The summed E-state index contributed by atoms with van der Waals surface area (Å²) in [6, 6.07) is 15.9. The number of benzene rings is 2. The number of aryl methyl sites for hydroxylation is 1. The van der Waals surface area contributed by atoms with Gasteiger partial charge in [-0.05, 0) is 36.6 Å². The number of morpholine rings is 1. The van der Waals surface area contributed by atoms with Crippen molar-refractivity contribution in [1.82, 2.24) is 9.88 Å². The van der Waals surface area contributed by atoms with Crippen LogP contribution >= 0.6 is 11.3 Å². The highest BCUT2D eigenvalue weighted by molar-refractivity contribution is 7.22. The Morgan fingerprint density at radius 1 is 1.16 bits per heavy atom. The second kappa shape index (κ2) is 11.4. The lowest BCUT2D eigenvalue weighted by Crippen LogP contribution is -2.39. The SMILES string of the molecule is CCc1cccc2sc(N(CCCN3CCOCC3)C(=O)CCOc3ccccc3)nc12. The Kier molecular flexibility index (Phi) is 8.09. The first-order valence-electron chi connectivity index (χ1n) is 11.4. The number of ether oxygens (including phenoxy) is 2. The van der Waals surface area contributed by atoms with Crippen LogP contribution in [-0.2, 0) is 16.0 Å².